The van der Waals surface area contributed by atoms with Crippen LogP contribution in [-0.4, -0.2) is 46.2 Å². The molecule has 0 aliphatic carbocycles. The maximum atomic E-state index is 13.1. The van der Waals surface area contributed by atoms with Crippen LogP contribution in [0.25, 0.3) is 0 Å². The normalized spacial score (nSPS) is 17.8. The summed E-state index contributed by atoms with van der Waals surface area (Å²) < 4.78 is 0. The Labute approximate surface area is 141 Å². The lowest BCUT2D eigenvalue weighted by atomic mass is 10.0. The van der Waals surface area contributed by atoms with Gasteiger partial charge in [0.15, 0.2) is 5.78 Å². The first-order chi connectivity index (χ1) is 11.5. The monoisotopic (exact) mass is 326 g/mol. The SMILES string of the molecule is CC(=O)c1c(C)[nH]c(C(=O)N2CCNCC2c2cccnc2)c1C. The number of amides is 1. The molecule has 2 N–H and O–H groups in total. The van der Waals surface area contributed by atoms with Gasteiger partial charge in [0.1, 0.15) is 5.69 Å². The lowest BCUT2D eigenvalue weighted by molar-refractivity contribution is 0.0627. The van der Waals surface area contributed by atoms with Crippen molar-refractivity contribution in [3.8, 4) is 0 Å². The number of aryl methyl sites for hydroxylation is 1. The number of aromatic amines is 1. The van der Waals surface area contributed by atoms with E-state index < -0.39 is 0 Å². The molecule has 1 aliphatic heterocycles. The Hall–Kier alpha value is -2.47. The first-order valence-electron chi connectivity index (χ1n) is 8.12. The number of nitrogens with one attached hydrogen (secondary N) is 2. The van der Waals surface area contributed by atoms with E-state index in [0.717, 1.165) is 23.4 Å². The van der Waals surface area contributed by atoms with Crippen molar-refractivity contribution >= 4 is 11.7 Å². The maximum Gasteiger partial charge on any atom is 0.271 e. The van der Waals surface area contributed by atoms with Crippen molar-refractivity contribution in [1.82, 2.24) is 20.2 Å². The van der Waals surface area contributed by atoms with Gasteiger partial charge < -0.3 is 15.2 Å². The minimum atomic E-state index is -0.0709. The van der Waals surface area contributed by atoms with Crippen molar-refractivity contribution in [3.63, 3.8) is 0 Å². The van der Waals surface area contributed by atoms with Gasteiger partial charge in [-0.1, -0.05) is 6.07 Å². The maximum absolute atomic E-state index is 13.1. The quantitative estimate of drug-likeness (QED) is 0.846. The highest BCUT2D eigenvalue weighted by Gasteiger charge is 2.31. The Balaban J connectivity index is 1.96. The molecule has 1 fully saturated rings. The Bertz CT molecular complexity index is 767. The molecule has 3 heterocycles. The van der Waals surface area contributed by atoms with E-state index in [-0.39, 0.29) is 17.7 Å². The molecule has 1 atom stereocenters. The molecule has 1 unspecified atom stereocenters. The van der Waals surface area contributed by atoms with Crippen molar-refractivity contribution in [2.24, 2.45) is 0 Å². The van der Waals surface area contributed by atoms with Crippen LogP contribution in [0.15, 0.2) is 24.5 Å². The summed E-state index contributed by atoms with van der Waals surface area (Å²) in [7, 11) is 0. The van der Waals surface area contributed by atoms with Crippen LogP contribution in [0.2, 0.25) is 0 Å². The summed E-state index contributed by atoms with van der Waals surface area (Å²) in [6, 6.07) is 3.80. The average molecular weight is 326 g/mol. The number of rotatable bonds is 3. The molecule has 1 saturated heterocycles. The van der Waals surface area contributed by atoms with E-state index in [2.05, 4.69) is 15.3 Å². The van der Waals surface area contributed by atoms with Crippen LogP contribution in [0.5, 0.6) is 0 Å². The fourth-order valence-corrected chi connectivity index (χ4v) is 3.45. The minimum Gasteiger partial charge on any atom is -0.354 e. The third-order valence-electron chi connectivity index (χ3n) is 4.58. The van der Waals surface area contributed by atoms with Crippen LogP contribution < -0.4 is 5.32 Å². The number of carbonyl (C=O) groups is 2. The zero-order chi connectivity index (χ0) is 17.3. The summed E-state index contributed by atoms with van der Waals surface area (Å²) in [4.78, 5) is 34.1. The Morgan fingerprint density at radius 3 is 2.75 bits per heavy atom. The smallest absolute Gasteiger partial charge is 0.271 e. The molecule has 24 heavy (non-hydrogen) atoms. The van der Waals surface area contributed by atoms with E-state index in [9.17, 15) is 9.59 Å². The average Bonchev–Trinajstić information content (AvgIpc) is 2.89. The number of nitrogens with zero attached hydrogens (tertiary/aromatic N) is 2. The second-order valence-electron chi connectivity index (χ2n) is 6.19. The summed E-state index contributed by atoms with van der Waals surface area (Å²) in [5, 5.41) is 3.33. The van der Waals surface area contributed by atoms with Crippen molar-refractivity contribution in [1.29, 1.82) is 0 Å². The van der Waals surface area contributed by atoms with Gasteiger partial charge in [0.05, 0.1) is 6.04 Å². The summed E-state index contributed by atoms with van der Waals surface area (Å²) in [6.07, 6.45) is 3.52. The van der Waals surface area contributed by atoms with Crippen LogP contribution in [0.1, 0.15) is 50.6 Å². The van der Waals surface area contributed by atoms with Crippen molar-refractivity contribution in [3.05, 3.63) is 52.6 Å². The number of H-pyrrole nitrogens is 1. The number of hydrogen-bond acceptors (Lipinski definition) is 4. The van der Waals surface area contributed by atoms with Gasteiger partial charge in [-0.25, -0.2) is 0 Å². The van der Waals surface area contributed by atoms with E-state index in [1.165, 1.54) is 6.92 Å². The highest BCUT2D eigenvalue weighted by Crippen LogP contribution is 2.26. The van der Waals surface area contributed by atoms with E-state index in [1.807, 2.05) is 30.9 Å². The molecule has 126 valence electrons. The zero-order valence-corrected chi connectivity index (χ0v) is 14.2. The van der Waals surface area contributed by atoms with Gasteiger partial charge in [-0.05, 0) is 38.0 Å². The molecular weight excluding hydrogens is 304 g/mol. The standard InChI is InChI=1S/C18H22N4O2/c1-11-16(13(3)23)12(2)21-17(11)18(24)22-8-7-20-10-15(22)14-5-4-6-19-9-14/h4-6,9,15,20-21H,7-8,10H2,1-3H3. The molecule has 0 bridgehead atoms. The molecule has 2 aromatic heterocycles. The number of Topliss-reactive ketones (excluding diaryl/α,β-unsaturated/α-hetero) is 1. The molecule has 1 aliphatic rings. The molecule has 0 aromatic carbocycles. The third-order valence-corrected chi connectivity index (χ3v) is 4.58. The topological polar surface area (TPSA) is 78.1 Å². The number of ketones is 1. The van der Waals surface area contributed by atoms with Crippen LogP contribution in [0.3, 0.4) is 0 Å². The highest BCUT2D eigenvalue weighted by atomic mass is 16.2. The number of hydrogen-bond donors (Lipinski definition) is 2. The van der Waals surface area contributed by atoms with Gasteiger partial charge >= 0.3 is 0 Å². The largest absolute Gasteiger partial charge is 0.354 e. The van der Waals surface area contributed by atoms with Crippen LogP contribution >= 0.6 is 0 Å². The summed E-state index contributed by atoms with van der Waals surface area (Å²) in [5.74, 6) is -0.0946. The molecule has 2 aromatic rings. The fourth-order valence-electron chi connectivity index (χ4n) is 3.45. The Kier molecular flexibility index (Phi) is 4.49. The van der Waals surface area contributed by atoms with E-state index in [0.29, 0.717) is 24.3 Å². The fraction of sp³-hybridized carbons (Fsp3) is 0.389. The zero-order valence-electron chi connectivity index (χ0n) is 14.2. The van der Waals surface area contributed by atoms with E-state index in [1.54, 1.807) is 12.4 Å². The van der Waals surface area contributed by atoms with Crippen LogP contribution in [-0.2, 0) is 0 Å². The number of carbonyl (C=O) groups excluding carboxylic acids is 2. The Morgan fingerprint density at radius 1 is 1.33 bits per heavy atom. The van der Waals surface area contributed by atoms with Gasteiger partial charge in [0, 0.05) is 43.3 Å². The van der Waals surface area contributed by atoms with Crippen molar-refractivity contribution in [2.75, 3.05) is 19.6 Å². The first-order valence-corrected chi connectivity index (χ1v) is 8.12. The van der Waals surface area contributed by atoms with E-state index >= 15 is 0 Å². The molecule has 6 heteroatoms. The molecule has 0 spiro atoms. The predicted octanol–water partition coefficient (Wildman–Crippen LogP) is 2.02. The highest BCUT2D eigenvalue weighted by molar-refractivity contribution is 6.02. The van der Waals surface area contributed by atoms with E-state index in [4.69, 9.17) is 0 Å². The minimum absolute atomic E-state index is 0.0237. The van der Waals surface area contributed by atoms with Gasteiger partial charge in [0.25, 0.3) is 5.91 Å². The molecule has 6 nitrogen and oxygen atoms in total. The lowest BCUT2D eigenvalue weighted by Gasteiger charge is -2.36. The van der Waals surface area contributed by atoms with Crippen molar-refractivity contribution < 1.29 is 9.59 Å². The molecule has 3 rings (SSSR count). The third kappa shape index (κ3) is 2.85. The molecule has 0 radical (unpaired) electrons. The van der Waals surface area contributed by atoms with Gasteiger partial charge in [-0.15, -0.1) is 0 Å². The van der Waals surface area contributed by atoms with Gasteiger partial charge in [0.2, 0.25) is 0 Å². The molecular formula is C18H22N4O2. The van der Waals surface area contributed by atoms with Gasteiger partial charge in [-0.2, -0.15) is 0 Å². The lowest BCUT2D eigenvalue weighted by Crippen LogP contribution is -2.49. The van der Waals surface area contributed by atoms with Gasteiger partial charge in [-0.3, -0.25) is 14.6 Å². The summed E-state index contributed by atoms with van der Waals surface area (Å²) in [6.45, 7) is 7.24. The number of piperazine rings is 1. The first kappa shape index (κ1) is 16.4. The molecule has 0 saturated carbocycles. The molecule has 1 amide bonds. The number of aromatic nitrogens is 2. The number of pyridine rings is 1. The second-order valence-corrected chi connectivity index (χ2v) is 6.19. The van der Waals surface area contributed by atoms with Crippen molar-refractivity contribution in [2.45, 2.75) is 26.8 Å². The second kappa shape index (κ2) is 6.57. The summed E-state index contributed by atoms with van der Waals surface area (Å²) in [5.41, 5.74) is 3.61. The van der Waals surface area contributed by atoms with Crippen LogP contribution in [0.4, 0.5) is 0 Å². The Morgan fingerprint density at radius 2 is 2.12 bits per heavy atom. The predicted molar refractivity (Wildman–Crippen MR) is 91.2 cm³/mol. The van der Waals surface area contributed by atoms with Crippen LogP contribution in [0, 0.1) is 13.8 Å². The summed E-state index contributed by atoms with van der Waals surface area (Å²) >= 11 is 0.